The van der Waals surface area contributed by atoms with Gasteiger partial charge >= 0.3 is 5.91 Å². The van der Waals surface area contributed by atoms with E-state index in [2.05, 4.69) is 23.1 Å². The third-order valence-corrected chi connectivity index (χ3v) is 2.87. The zero-order chi connectivity index (χ0) is 12.8. The van der Waals surface area contributed by atoms with Gasteiger partial charge in [0.05, 0.1) is 0 Å². The lowest BCUT2D eigenvalue weighted by atomic mass is 10.00. The molecule has 0 saturated heterocycles. The Hall–Kier alpha value is -2.21. The van der Waals surface area contributed by atoms with Crippen LogP contribution >= 0.6 is 0 Å². The zero-order valence-corrected chi connectivity index (χ0v) is 9.98. The second-order valence-electron chi connectivity index (χ2n) is 4.20. The van der Waals surface area contributed by atoms with E-state index >= 15 is 0 Å². The maximum atomic E-state index is 11.0. The number of hydrogen-bond acceptors (Lipinski definition) is 2. The molecule has 3 nitrogen and oxygen atoms in total. The number of carbonyl (C=O) groups excluding carboxylic acids is 1. The van der Waals surface area contributed by atoms with Crippen molar-refractivity contribution >= 4 is 5.91 Å². The van der Waals surface area contributed by atoms with Crippen molar-refractivity contribution in [3.8, 4) is 11.8 Å². The summed E-state index contributed by atoms with van der Waals surface area (Å²) in [5.41, 5.74) is 2.33. The Morgan fingerprint density at radius 3 is 2.50 bits per heavy atom. The summed E-state index contributed by atoms with van der Waals surface area (Å²) < 4.78 is 0. The second kappa shape index (κ2) is 5.92. The lowest BCUT2D eigenvalue weighted by molar-refractivity contribution is 0.100. The highest BCUT2D eigenvalue weighted by atomic mass is 16.3. The minimum atomic E-state index is -0.746. The van der Waals surface area contributed by atoms with Crippen LogP contribution in [0.1, 0.15) is 41.6 Å². The smallest absolute Gasteiger partial charge is 0.263 e. The highest BCUT2D eigenvalue weighted by Crippen LogP contribution is 2.16. The van der Waals surface area contributed by atoms with Crippen molar-refractivity contribution in [2.45, 2.75) is 25.7 Å². The van der Waals surface area contributed by atoms with Gasteiger partial charge in [0.1, 0.15) is 0 Å². The molecule has 0 spiro atoms. The first kappa shape index (κ1) is 12.3. The predicted molar refractivity (Wildman–Crippen MR) is 70.0 cm³/mol. The average Bonchev–Trinajstić information content (AvgIpc) is 2.46. The van der Waals surface area contributed by atoms with Crippen molar-refractivity contribution < 1.29 is 4.79 Å². The lowest BCUT2D eigenvalue weighted by Gasteiger charge is -2.05. The summed E-state index contributed by atoms with van der Waals surface area (Å²) in [5, 5.41) is 2.37. The number of nitrogens with zero attached hydrogens (tertiary/aromatic N) is 1. The van der Waals surface area contributed by atoms with Gasteiger partial charge in [0.2, 0.25) is 0 Å². The number of nitroso groups, excluding NO2 is 1. The molecule has 0 heterocycles. The summed E-state index contributed by atoms with van der Waals surface area (Å²) in [4.78, 5) is 21.1. The number of carbonyl (C=O) groups is 1. The zero-order valence-electron chi connectivity index (χ0n) is 9.98. The van der Waals surface area contributed by atoms with E-state index in [4.69, 9.17) is 0 Å². The monoisotopic (exact) mass is 239 g/mol. The van der Waals surface area contributed by atoms with Gasteiger partial charge in [0, 0.05) is 16.3 Å². The van der Waals surface area contributed by atoms with Crippen molar-refractivity contribution in [2.24, 2.45) is 5.18 Å². The fourth-order valence-corrected chi connectivity index (χ4v) is 1.85. The topological polar surface area (TPSA) is 46.5 Å². The molecule has 1 aliphatic carbocycles. The third-order valence-electron chi connectivity index (χ3n) is 2.87. The van der Waals surface area contributed by atoms with Crippen LogP contribution in [0.25, 0.3) is 0 Å². The molecule has 0 aromatic heterocycles. The standard InChI is InChI=1S/C15H13NO2/c17-15(16-18)14-10-8-13(9-11-14)7-6-12-4-2-1-3-5-12/h4,8-11H,1-3,5H2. The number of benzene rings is 1. The second-order valence-corrected chi connectivity index (χ2v) is 4.20. The normalized spacial score (nSPS) is 14.1. The van der Waals surface area contributed by atoms with E-state index in [0.29, 0.717) is 5.56 Å². The summed E-state index contributed by atoms with van der Waals surface area (Å²) in [6.07, 6.45) is 6.81. The first-order valence-corrected chi connectivity index (χ1v) is 5.98. The molecule has 3 heteroatoms. The number of allylic oxidation sites excluding steroid dienone is 2. The first-order chi connectivity index (χ1) is 8.79. The lowest BCUT2D eigenvalue weighted by Crippen LogP contribution is -1.92. The molecule has 1 aromatic carbocycles. The molecular formula is C15H13NO2. The fraction of sp³-hybridized carbons (Fsp3) is 0.267. The maximum absolute atomic E-state index is 11.0. The molecule has 0 bridgehead atoms. The van der Waals surface area contributed by atoms with Crippen molar-refractivity contribution in [2.75, 3.05) is 0 Å². The molecule has 1 aromatic rings. The van der Waals surface area contributed by atoms with Gasteiger partial charge in [-0.25, -0.2) is 0 Å². The molecule has 90 valence electrons. The molecule has 18 heavy (non-hydrogen) atoms. The van der Waals surface area contributed by atoms with Crippen LogP contribution in [0.5, 0.6) is 0 Å². The van der Waals surface area contributed by atoms with Gasteiger partial charge in [-0.05, 0) is 55.5 Å². The summed E-state index contributed by atoms with van der Waals surface area (Å²) in [6, 6.07) is 6.61. The van der Waals surface area contributed by atoms with Crippen LogP contribution in [0.2, 0.25) is 0 Å². The Labute approximate surface area is 106 Å². The summed E-state index contributed by atoms with van der Waals surface area (Å²) >= 11 is 0. The minimum Gasteiger partial charge on any atom is -0.263 e. The van der Waals surface area contributed by atoms with Crippen LogP contribution in [0, 0.1) is 16.7 Å². The molecule has 1 aliphatic rings. The van der Waals surface area contributed by atoms with E-state index in [1.165, 1.54) is 18.4 Å². The van der Waals surface area contributed by atoms with E-state index < -0.39 is 5.91 Å². The van der Waals surface area contributed by atoms with Gasteiger partial charge in [-0.1, -0.05) is 17.9 Å². The van der Waals surface area contributed by atoms with E-state index in [1.807, 2.05) is 0 Å². The highest BCUT2D eigenvalue weighted by Gasteiger charge is 2.04. The number of amides is 1. The van der Waals surface area contributed by atoms with Crippen LogP contribution in [0.4, 0.5) is 0 Å². The van der Waals surface area contributed by atoms with Gasteiger partial charge < -0.3 is 0 Å². The van der Waals surface area contributed by atoms with Crippen molar-refractivity contribution in [3.05, 3.63) is 51.9 Å². The number of hydrogen-bond donors (Lipinski definition) is 0. The molecule has 0 unspecified atom stereocenters. The van der Waals surface area contributed by atoms with Gasteiger partial charge in [-0.15, -0.1) is 4.91 Å². The van der Waals surface area contributed by atoms with E-state index in [0.717, 1.165) is 18.4 Å². The minimum absolute atomic E-state index is 0.299. The van der Waals surface area contributed by atoms with Crippen molar-refractivity contribution in [1.29, 1.82) is 0 Å². The summed E-state index contributed by atoms with van der Waals surface area (Å²) in [7, 11) is 0. The van der Waals surface area contributed by atoms with Gasteiger partial charge in [0.25, 0.3) is 0 Å². The molecule has 2 rings (SSSR count). The van der Waals surface area contributed by atoms with Crippen LogP contribution in [-0.4, -0.2) is 5.91 Å². The molecule has 0 saturated carbocycles. The fourth-order valence-electron chi connectivity index (χ4n) is 1.85. The number of rotatable bonds is 1. The summed E-state index contributed by atoms with van der Waals surface area (Å²) in [5.74, 6) is 5.46. The Morgan fingerprint density at radius 1 is 1.11 bits per heavy atom. The largest absolute Gasteiger partial charge is 0.316 e. The molecule has 0 N–H and O–H groups in total. The van der Waals surface area contributed by atoms with Crippen LogP contribution < -0.4 is 0 Å². The van der Waals surface area contributed by atoms with E-state index in [1.54, 1.807) is 24.3 Å². The molecule has 1 amide bonds. The van der Waals surface area contributed by atoms with E-state index in [9.17, 15) is 9.70 Å². The Morgan fingerprint density at radius 2 is 1.89 bits per heavy atom. The van der Waals surface area contributed by atoms with E-state index in [-0.39, 0.29) is 0 Å². The Bertz CT molecular complexity index is 544. The van der Waals surface area contributed by atoms with Gasteiger partial charge in [-0.2, -0.15) is 0 Å². The predicted octanol–water partition coefficient (Wildman–Crippen LogP) is 3.45. The summed E-state index contributed by atoms with van der Waals surface area (Å²) in [6.45, 7) is 0. The van der Waals surface area contributed by atoms with Crippen molar-refractivity contribution in [3.63, 3.8) is 0 Å². The van der Waals surface area contributed by atoms with Crippen molar-refractivity contribution in [1.82, 2.24) is 0 Å². The molecule has 0 radical (unpaired) electrons. The maximum Gasteiger partial charge on any atom is 0.316 e. The van der Waals surface area contributed by atoms with Crippen LogP contribution in [0.15, 0.2) is 41.1 Å². The van der Waals surface area contributed by atoms with Gasteiger partial charge in [0.15, 0.2) is 0 Å². The Kier molecular flexibility index (Phi) is 4.03. The quantitative estimate of drug-likeness (QED) is 0.556. The third kappa shape index (κ3) is 3.14. The molecule has 0 fully saturated rings. The first-order valence-electron chi connectivity index (χ1n) is 5.98. The molecule has 0 atom stereocenters. The highest BCUT2D eigenvalue weighted by molar-refractivity contribution is 5.94. The molecule has 0 aliphatic heterocycles. The van der Waals surface area contributed by atoms with Crippen LogP contribution in [0.3, 0.4) is 0 Å². The molecular weight excluding hydrogens is 226 g/mol. The SMILES string of the molecule is O=NC(=O)c1ccc(C#CC2=CCCCC2)cc1. The Balaban J connectivity index is 2.11. The average molecular weight is 239 g/mol. The van der Waals surface area contributed by atoms with Gasteiger partial charge in [-0.3, -0.25) is 4.79 Å². The van der Waals surface area contributed by atoms with Crippen LogP contribution in [-0.2, 0) is 0 Å².